The molecule has 1 heterocycles. The molecule has 5 heteroatoms. The third-order valence-corrected chi connectivity index (χ3v) is 1.12. The van der Waals surface area contributed by atoms with Crippen LogP contribution < -0.4 is 5.32 Å². The van der Waals surface area contributed by atoms with Crippen molar-refractivity contribution in [3.8, 4) is 0 Å². The van der Waals surface area contributed by atoms with Gasteiger partial charge in [-0.05, 0) is 11.6 Å². The summed E-state index contributed by atoms with van der Waals surface area (Å²) >= 11 is 10.8. The standard InChI is InChI=1S/C5H2Cl2N2O/c6-3-1-2-4(10)9-5(7)8-3/h2H,(H,8,9,10). The van der Waals surface area contributed by atoms with Crippen LogP contribution >= 0.6 is 23.2 Å². The number of hydrogen-bond acceptors (Lipinski definition) is 2. The van der Waals surface area contributed by atoms with E-state index in [2.05, 4.69) is 16.0 Å². The highest BCUT2D eigenvalue weighted by Gasteiger charge is 2.02. The van der Waals surface area contributed by atoms with Gasteiger partial charge in [0.2, 0.25) is 5.29 Å². The smallest absolute Gasteiger partial charge is 0.258 e. The van der Waals surface area contributed by atoms with E-state index in [4.69, 9.17) is 23.2 Å². The zero-order chi connectivity index (χ0) is 7.56. The Balaban J connectivity index is 3.03. The number of nitrogens with zero attached hydrogens (tertiary/aromatic N) is 1. The third kappa shape index (κ3) is 1.88. The SMILES string of the molecule is O=C1C=C=C(Cl)N=C(Cl)N1. The zero-order valence-electron chi connectivity index (χ0n) is 4.69. The summed E-state index contributed by atoms with van der Waals surface area (Å²) in [7, 11) is 0. The van der Waals surface area contributed by atoms with Crippen molar-refractivity contribution < 1.29 is 4.79 Å². The average Bonchev–Trinajstić information content (AvgIpc) is 1.93. The minimum absolute atomic E-state index is 0.0451. The Morgan fingerprint density at radius 3 is 3.00 bits per heavy atom. The molecule has 0 atom stereocenters. The van der Waals surface area contributed by atoms with Crippen LogP contribution in [0.4, 0.5) is 0 Å². The van der Waals surface area contributed by atoms with Gasteiger partial charge in [-0.15, -0.1) is 0 Å². The topological polar surface area (TPSA) is 41.5 Å². The molecule has 0 radical (unpaired) electrons. The monoisotopic (exact) mass is 176 g/mol. The van der Waals surface area contributed by atoms with Crippen molar-refractivity contribution in [1.29, 1.82) is 0 Å². The highest BCUT2D eigenvalue weighted by atomic mass is 35.5. The predicted molar refractivity (Wildman–Crippen MR) is 38.9 cm³/mol. The van der Waals surface area contributed by atoms with Crippen molar-refractivity contribution in [3.63, 3.8) is 0 Å². The molecular formula is C5H2Cl2N2O. The number of amidine groups is 1. The third-order valence-electron chi connectivity index (χ3n) is 0.745. The van der Waals surface area contributed by atoms with E-state index < -0.39 is 0 Å². The van der Waals surface area contributed by atoms with Gasteiger partial charge >= 0.3 is 0 Å². The van der Waals surface area contributed by atoms with Gasteiger partial charge in [-0.25, -0.2) is 0 Å². The van der Waals surface area contributed by atoms with Crippen LogP contribution in [0.2, 0.25) is 0 Å². The molecule has 3 nitrogen and oxygen atoms in total. The molecule has 0 unspecified atom stereocenters. The lowest BCUT2D eigenvalue weighted by Crippen LogP contribution is -2.23. The molecule has 1 aliphatic heterocycles. The second-order valence-corrected chi connectivity index (χ2v) is 2.19. The number of hydrogen-bond donors (Lipinski definition) is 1. The van der Waals surface area contributed by atoms with Gasteiger partial charge in [0.1, 0.15) is 0 Å². The molecule has 1 rings (SSSR count). The molecule has 1 aliphatic rings. The van der Waals surface area contributed by atoms with Crippen molar-refractivity contribution in [2.45, 2.75) is 0 Å². The first kappa shape index (κ1) is 7.35. The second kappa shape index (κ2) is 2.88. The van der Waals surface area contributed by atoms with Crippen LogP contribution in [0, 0.1) is 0 Å². The number of halogens is 2. The summed E-state index contributed by atoms with van der Waals surface area (Å²) in [6, 6.07) is 0. The summed E-state index contributed by atoms with van der Waals surface area (Å²) in [6.07, 6.45) is 1.13. The van der Waals surface area contributed by atoms with Gasteiger partial charge in [0.15, 0.2) is 5.16 Å². The normalized spacial score (nSPS) is 17.2. The number of carbonyl (C=O) groups is 1. The fourth-order valence-electron chi connectivity index (χ4n) is 0.409. The van der Waals surface area contributed by atoms with Gasteiger partial charge < -0.3 is 0 Å². The minimum Gasteiger partial charge on any atom is -0.297 e. The van der Waals surface area contributed by atoms with Gasteiger partial charge in [-0.2, -0.15) is 4.99 Å². The molecule has 0 spiro atoms. The Labute approximate surface area is 67.0 Å². The molecule has 52 valence electrons. The number of nitrogens with one attached hydrogen (secondary N) is 1. The van der Waals surface area contributed by atoms with Crippen LogP contribution in [-0.4, -0.2) is 11.2 Å². The maximum absolute atomic E-state index is 10.6. The van der Waals surface area contributed by atoms with Gasteiger partial charge in [-0.3, -0.25) is 10.1 Å². The summed E-state index contributed by atoms with van der Waals surface area (Å²) in [6.45, 7) is 0. The van der Waals surface area contributed by atoms with Crippen LogP contribution in [-0.2, 0) is 4.79 Å². The number of rotatable bonds is 0. The molecule has 10 heavy (non-hydrogen) atoms. The van der Waals surface area contributed by atoms with Crippen molar-refractivity contribution in [2.24, 2.45) is 4.99 Å². The summed E-state index contributed by atoms with van der Waals surface area (Å²) in [5, 5.41) is 2.24. The minimum atomic E-state index is -0.385. The molecule has 0 bridgehead atoms. The van der Waals surface area contributed by atoms with E-state index in [1.54, 1.807) is 0 Å². The molecule has 1 N–H and O–H groups in total. The number of amides is 1. The van der Waals surface area contributed by atoms with Crippen LogP contribution in [0.5, 0.6) is 0 Å². The summed E-state index contributed by atoms with van der Waals surface area (Å²) in [5.41, 5.74) is 2.40. The lowest BCUT2D eigenvalue weighted by molar-refractivity contribution is -0.115. The lowest BCUT2D eigenvalue weighted by atomic mass is 10.6. The highest BCUT2D eigenvalue weighted by Crippen LogP contribution is 2.03. The largest absolute Gasteiger partial charge is 0.297 e. The van der Waals surface area contributed by atoms with Crippen LogP contribution in [0.1, 0.15) is 0 Å². The van der Waals surface area contributed by atoms with E-state index in [1.807, 2.05) is 0 Å². The molecule has 0 saturated heterocycles. The predicted octanol–water partition coefficient (Wildman–Crippen LogP) is 0.946. The van der Waals surface area contributed by atoms with Crippen molar-refractivity contribution in [1.82, 2.24) is 5.32 Å². The van der Waals surface area contributed by atoms with Gasteiger partial charge in [0.05, 0.1) is 0 Å². The highest BCUT2D eigenvalue weighted by molar-refractivity contribution is 6.66. The van der Waals surface area contributed by atoms with Crippen LogP contribution in [0.25, 0.3) is 0 Å². The Bertz CT molecular complexity index is 263. The summed E-state index contributed by atoms with van der Waals surface area (Å²) in [5.74, 6) is -0.385. The van der Waals surface area contributed by atoms with Gasteiger partial charge in [-0.1, -0.05) is 17.3 Å². The molecule has 0 aliphatic carbocycles. The fraction of sp³-hybridized carbons (Fsp3) is 0. The quantitative estimate of drug-likeness (QED) is 0.434. The van der Waals surface area contributed by atoms with E-state index in [0.29, 0.717) is 0 Å². The lowest BCUT2D eigenvalue weighted by Gasteiger charge is -1.92. The molecule has 0 fully saturated rings. The van der Waals surface area contributed by atoms with Crippen LogP contribution in [0.3, 0.4) is 0 Å². The van der Waals surface area contributed by atoms with E-state index in [1.165, 1.54) is 0 Å². The van der Waals surface area contributed by atoms with E-state index in [-0.39, 0.29) is 16.4 Å². The molecule has 0 aromatic heterocycles. The maximum atomic E-state index is 10.6. The van der Waals surface area contributed by atoms with E-state index >= 15 is 0 Å². The Morgan fingerprint density at radius 1 is 1.60 bits per heavy atom. The van der Waals surface area contributed by atoms with E-state index in [0.717, 1.165) is 6.08 Å². The molecule has 0 saturated carbocycles. The van der Waals surface area contributed by atoms with Gasteiger partial charge in [0.25, 0.3) is 5.91 Å². The average molecular weight is 177 g/mol. The zero-order valence-corrected chi connectivity index (χ0v) is 6.20. The fourth-order valence-corrected chi connectivity index (χ4v) is 0.769. The molecule has 0 aromatic rings. The Morgan fingerprint density at radius 2 is 2.30 bits per heavy atom. The Kier molecular flexibility index (Phi) is 2.12. The molecular weight excluding hydrogens is 175 g/mol. The second-order valence-electron chi connectivity index (χ2n) is 1.47. The molecule has 0 aromatic carbocycles. The van der Waals surface area contributed by atoms with E-state index in [9.17, 15) is 4.79 Å². The van der Waals surface area contributed by atoms with Crippen molar-refractivity contribution in [3.05, 3.63) is 17.0 Å². The number of carbonyl (C=O) groups excluding carboxylic acids is 1. The molecule has 1 amide bonds. The first-order valence-electron chi connectivity index (χ1n) is 2.36. The van der Waals surface area contributed by atoms with Gasteiger partial charge in [0, 0.05) is 6.08 Å². The van der Waals surface area contributed by atoms with Crippen molar-refractivity contribution >= 4 is 34.4 Å². The van der Waals surface area contributed by atoms with Crippen molar-refractivity contribution in [2.75, 3.05) is 0 Å². The first-order chi connectivity index (χ1) is 4.68. The van der Waals surface area contributed by atoms with Crippen LogP contribution in [0.15, 0.2) is 22.0 Å². The Hall–Kier alpha value is -0.760. The maximum Gasteiger partial charge on any atom is 0.258 e. The first-order valence-corrected chi connectivity index (χ1v) is 3.11. The summed E-state index contributed by atoms with van der Waals surface area (Å²) < 4.78 is 0. The number of aliphatic imine (C=N–C) groups is 1. The summed E-state index contributed by atoms with van der Waals surface area (Å²) in [4.78, 5) is 14.1.